The summed E-state index contributed by atoms with van der Waals surface area (Å²) < 4.78 is 0. The van der Waals surface area contributed by atoms with Crippen LogP contribution in [0.2, 0.25) is 0 Å². The van der Waals surface area contributed by atoms with Crippen LogP contribution < -0.4 is 10.6 Å². The second-order valence-electron chi connectivity index (χ2n) is 4.93. The SMILES string of the molecule is O=C(NCC1CCC(O)C1)C1CC(O)CN1. The maximum atomic E-state index is 11.7. The largest absolute Gasteiger partial charge is 0.393 e. The van der Waals surface area contributed by atoms with E-state index in [1.807, 2.05) is 0 Å². The lowest BCUT2D eigenvalue weighted by atomic mass is 10.1. The van der Waals surface area contributed by atoms with Crippen molar-refractivity contribution in [2.24, 2.45) is 5.92 Å². The molecule has 16 heavy (non-hydrogen) atoms. The highest BCUT2D eigenvalue weighted by Crippen LogP contribution is 2.24. The van der Waals surface area contributed by atoms with Gasteiger partial charge in [-0.1, -0.05) is 0 Å². The minimum Gasteiger partial charge on any atom is -0.393 e. The molecular weight excluding hydrogens is 208 g/mol. The quantitative estimate of drug-likeness (QED) is 0.499. The number of hydrogen-bond donors (Lipinski definition) is 4. The molecule has 2 rings (SSSR count). The van der Waals surface area contributed by atoms with Crippen LogP contribution in [0.25, 0.3) is 0 Å². The minimum atomic E-state index is -0.399. The predicted octanol–water partition coefficient (Wildman–Crippen LogP) is -1.01. The lowest BCUT2D eigenvalue weighted by Crippen LogP contribution is -2.42. The lowest BCUT2D eigenvalue weighted by Gasteiger charge is -2.14. The Balaban J connectivity index is 1.68. The molecule has 1 heterocycles. The molecule has 1 aliphatic heterocycles. The Morgan fingerprint density at radius 3 is 2.62 bits per heavy atom. The standard InChI is InChI=1S/C11H20N2O3/c14-8-2-1-7(3-8)5-13-11(16)10-4-9(15)6-12-10/h7-10,12,14-15H,1-6H2,(H,13,16). The van der Waals surface area contributed by atoms with Crippen LogP contribution in [-0.4, -0.2) is 47.5 Å². The van der Waals surface area contributed by atoms with Gasteiger partial charge in [0.05, 0.1) is 18.2 Å². The van der Waals surface area contributed by atoms with Crippen molar-refractivity contribution in [1.82, 2.24) is 10.6 Å². The molecular formula is C11H20N2O3. The van der Waals surface area contributed by atoms with Gasteiger partial charge in [0.15, 0.2) is 0 Å². The molecule has 4 unspecified atom stereocenters. The predicted molar refractivity (Wildman–Crippen MR) is 58.8 cm³/mol. The van der Waals surface area contributed by atoms with E-state index in [2.05, 4.69) is 10.6 Å². The summed E-state index contributed by atoms with van der Waals surface area (Å²) >= 11 is 0. The summed E-state index contributed by atoms with van der Waals surface area (Å²) in [5.41, 5.74) is 0. The molecule has 2 aliphatic rings. The van der Waals surface area contributed by atoms with E-state index in [9.17, 15) is 15.0 Å². The van der Waals surface area contributed by atoms with Crippen LogP contribution in [0.15, 0.2) is 0 Å². The number of carbonyl (C=O) groups excluding carboxylic acids is 1. The van der Waals surface area contributed by atoms with E-state index in [0.29, 0.717) is 25.4 Å². The zero-order valence-electron chi connectivity index (χ0n) is 9.35. The average Bonchev–Trinajstić information content (AvgIpc) is 2.84. The van der Waals surface area contributed by atoms with Gasteiger partial charge in [-0.2, -0.15) is 0 Å². The van der Waals surface area contributed by atoms with Crippen molar-refractivity contribution in [3.05, 3.63) is 0 Å². The monoisotopic (exact) mass is 228 g/mol. The molecule has 0 radical (unpaired) electrons. The number of amides is 1. The summed E-state index contributed by atoms with van der Waals surface area (Å²) in [4.78, 5) is 11.7. The second-order valence-corrected chi connectivity index (χ2v) is 4.93. The molecule has 92 valence electrons. The Hall–Kier alpha value is -0.650. The molecule has 1 saturated heterocycles. The van der Waals surface area contributed by atoms with Crippen molar-refractivity contribution >= 4 is 5.91 Å². The van der Waals surface area contributed by atoms with Gasteiger partial charge in [0, 0.05) is 13.1 Å². The smallest absolute Gasteiger partial charge is 0.237 e. The molecule has 1 amide bonds. The van der Waals surface area contributed by atoms with E-state index < -0.39 is 6.10 Å². The molecule has 4 atom stereocenters. The highest BCUT2D eigenvalue weighted by molar-refractivity contribution is 5.82. The number of aliphatic hydroxyl groups excluding tert-OH is 2. The first-order chi connectivity index (χ1) is 7.65. The number of β-amino-alcohol motifs (C(OH)–C–C–N with tert-alkyl or cyclic N) is 1. The van der Waals surface area contributed by atoms with Crippen molar-refractivity contribution in [2.75, 3.05) is 13.1 Å². The summed E-state index contributed by atoms with van der Waals surface area (Å²) in [6.45, 7) is 1.14. The van der Waals surface area contributed by atoms with Gasteiger partial charge in [-0.3, -0.25) is 4.79 Å². The summed E-state index contributed by atoms with van der Waals surface area (Å²) in [7, 11) is 0. The van der Waals surface area contributed by atoms with Crippen molar-refractivity contribution in [2.45, 2.75) is 43.9 Å². The Morgan fingerprint density at radius 1 is 1.25 bits per heavy atom. The molecule has 0 aromatic carbocycles. The molecule has 1 saturated carbocycles. The Labute approximate surface area is 95.2 Å². The van der Waals surface area contributed by atoms with Gasteiger partial charge < -0.3 is 20.8 Å². The lowest BCUT2D eigenvalue weighted by molar-refractivity contribution is -0.123. The van der Waals surface area contributed by atoms with Crippen LogP contribution in [0.4, 0.5) is 0 Å². The van der Waals surface area contributed by atoms with E-state index >= 15 is 0 Å². The van der Waals surface area contributed by atoms with Gasteiger partial charge in [-0.05, 0) is 31.6 Å². The first-order valence-electron chi connectivity index (χ1n) is 6.02. The van der Waals surface area contributed by atoms with Gasteiger partial charge >= 0.3 is 0 Å². The first-order valence-corrected chi connectivity index (χ1v) is 6.02. The highest BCUT2D eigenvalue weighted by atomic mass is 16.3. The van der Waals surface area contributed by atoms with E-state index in [0.717, 1.165) is 19.3 Å². The summed E-state index contributed by atoms with van der Waals surface area (Å²) in [5, 5.41) is 24.5. The number of aliphatic hydroxyl groups is 2. The third-order valence-corrected chi connectivity index (χ3v) is 3.50. The topological polar surface area (TPSA) is 81.6 Å². The van der Waals surface area contributed by atoms with E-state index in [4.69, 9.17) is 0 Å². The van der Waals surface area contributed by atoms with Crippen LogP contribution >= 0.6 is 0 Å². The molecule has 5 heteroatoms. The van der Waals surface area contributed by atoms with Crippen molar-refractivity contribution in [3.63, 3.8) is 0 Å². The van der Waals surface area contributed by atoms with Crippen LogP contribution in [0.5, 0.6) is 0 Å². The maximum absolute atomic E-state index is 11.7. The molecule has 1 aliphatic carbocycles. The molecule has 0 aromatic heterocycles. The van der Waals surface area contributed by atoms with E-state index in [1.54, 1.807) is 0 Å². The van der Waals surface area contributed by atoms with Gasteiger partial charge in [-0.25, -0.2) is 0 Å². The van der Waals surface area contributed by atoms with Crippen LogP contribution in [0.1, 0.15) is 25.7 Å². The van der Waals surface area contributed by atoms with E-state index in [1.165, 1.54) is 0 Å². The van der Waals surface area contributed by atoms with Gasteiger partial charge in [0.2, 0.25) is 5.91 Å². The first kappa shape index (κ1) is 11.8. The summed E-state index contributed by atoms with van der Waals surface area (Å²) in [6.07, 6.45) is 2.54. The third-order valence-electron chi connectivity index (χ3n) is 3.50. The molecule has 4 N–H and O–H groups in total. The molecule has 0 aromatic rings. The summed E-state index contributed by atoms with van der Waals surface area (Å²) in [6, 6.07) is -0.249. The van der Waals surface area contributed by atoms with Crippen molar-refractivity contribution < 1.29 is 15.0 Å². The fraction of sp³-hybridized carbons (Fsp3) is 0.909. The van der Waals surface area contributed by atoms with Crippen LogP contribution in [-0.2, 0) is 4.79 Å². The van der Waals surface area contributed by atoms with Gasteiger partial charge in [-0.15, -0.1) is 0 Å². The molecule has 2 fully saturated rings. The van der Waals surface area contributed by atoms with E-state index in [-0.39, 0.29) is 18.1 Å². The number of carbonyl (C=O) groups is 1. The summed E-state index contributed by atoms with van der Waals surface area (Å²) in [5.74, 6) is 0.378. The Morgan fingerprint density at radius 2 is 2.06 bits per heavy atom. The fourth-order valence-electron chi connectivity index (χ4n) is 2.52. The fourth-order valence-corrected chi connectivity index (χ4v) is 2.52. The molecule has 5 nitrogen and oxygen atoms in total. The van der Waals surface area contributed by atoms with Crippen molar-refractivity contribution in [3.8, 4) is 0 Å². The molecule has 0 bridgehead atoms. The van der Waals surface area contributed by atoms with Gasteiger partial charge in [0.25, 0.3) is 0 Å². The molecule has 0 spiro atoms. The number of hydrogen-bond acceptors (Lipinski definition) is 4. The van der Waals surface area contributed by atoms with Crippen LogP contribution in [0.3, 0.4) is 0 Å². The zero-order chi connectivity index (χ0) is 11.5. The highest BCUT2D eigenvalue weighted by Gasteiger charge is 2.29. The second kappa shape index (κ2) is 5.12. The number of rotatable bonds is 3. The third kappa shape index (κ3) is 2.93. The normalized spacial score (nSPS) is 38.9. The maximum Gasteiger partial charge on any atom is 0.237 e. The number of nitrogens with one attached hydrogen (secondary N) is 2. The van der Waals surface area contributed by atoms with Gasteiger partial charge in [0.1, 0.15) is 0 Å². The van der Waals surface area contributed by atoms with Crippen LogP contribution in [0, 0.1) is 5.92 Å². The zero-order valence-corrected chi connectivity index (χ0v) is 9.35. The minimum absolute atomic E-state index is 0.0297. The van der Waals surface area contributed by atoms with Crippen molar-refractivity contribution in [1.29, 1.82) is 0 Å². The Kier molecular flexibility index (Phi) is 3.78. The average molecular weight is 228 g/mol. The Bertz CT molecular complexity index is 260.